The molecule has 0 atom stereocenters. The monoisotopic (exact) mass is 431 g/mol. The second kappa shape index (κ2) is 11.4. The molecule has 0 aliphatic carbocycles. The molecule has 0 saturated carbocycles. The number of piperidine rings is 1. The van der Waals surface area contributed by atoms with Crippen molar-refractivity contribution in [1.29, 1.82) is 0 Å². The summed E-state index contributed by atoms with van der Waals surface area (Å²) in [5.41, 5.74) is 1.81. The average Bonchev–Trinajstić information content (AvgIpc) is 2.71. The van der Waals surface area contributed by atoms with Crippen molar-refractivity contribution in [2.75, 3.05) is 26.2 Å². The van der Waals surface area contributed by atoms with Crippen LogP contribution in [-0.2, 0) is 21.0 Å². The first-order chi connectivity index (χ1) is 14.6. The van der Waals surface area contributed by atoms with Crippen molar-refractivity contribution >= 4 is 11.9 Å². The fourth-order valence-corrected chi connectivity index (χ4v) is 4.13. The zero-order valence-electron chi connectivity index (χ0n) is 19.3. The summed E-state index contributed by atoms with van der Waals surface area (Å²) >= 11 is 0. The maximum atomic E-state index is 11.0. The zero-order chi connectivity index (χ0) is 22.9. The van der Waals surface area contributed by atoms with Gasteiger partial charge in [-0.15, -0.1) is 5.06 Å². The molecule has 2 aliphatic rings. The van der Waals surface area contributed by atoms with Crippen molar-refractivity contribution in [2.45, 2.75) is 64.6 Å². The minimum absolute atomic E-state index is 0.206. The largest absolute Gasteiger partial charge is 0.478 e. The van der Waals surface area contributed by atoms with E-state index in [4.69, 9.17) is 9.94 Å². The number of rotatable bonds is 5. The molecule has 2 fully saturated rings. The molecule has 31 heavy (non-hydrogen) atoms. The van der Waals surface area contributed by atoms with E-state index in [9.17, 15) is 9.59 Å². The van der Waals surface area contributed by atoms with Crippen LogP contribution < -0.4 is 5.32 Å². The number of carbonyl (C=O) groups is 2. The highest BCUT2D eigenvalue weighted by Gasteiger charge is 2.40. The summed E-state index contributed by atoms with van der Waals surface area (Å²) in [6, 6.07) is 10.8. The molecule has 3 rings (SSSR count). The highest BCUT2D eigenvalue weighted by atomic mass is 16.7. The minimum Gasteiger partial charge on any atom is -0.478 e. The molecule has 2 heterocycles. The Bertz CT molecular complexity index is 724. The van der Waals surface area contributed by atoms with E-state index in [0.717, 1.165) is 64.1 Å². The maximum Gasteiger partial charge on any atom is 0.349 e. The molecule has 7 heteroatoms. The third-order valence-electron chi connectivity index (χ3n) is 5.66. The van der Waals surface area contributed by atoms with E-state index in [1.807, 2.05) is 0 Å². The number of nitrogens with one attached hydrogen (secondary N) is 1. The Kier molecular flexibility index (Phi) is 9.22. The molecular weight excluding hydrogens is 394 g/mol. The normalized spacial score (nSPS) is 21.2. The van der Waals surface area contributed by atoms with E-state index in [-0.39, 0.29) is 11.1 Å². The number of aliphatic carboxylic acids is 1. The lowest BCUT2D eigenvalue weighted by molar-refractivity contribution is -0.188. The second-order valence-electron chi connectivity index (χ2n) is 9.37. The van der Waals surface area contributed by atoms with Crippen LogP contribution in [0.25, 0.3) is 0 Å². The highest BCUT2D eigenvalue weighted by molar-refractivity contribution is 5.90. The molecule has 2 aliphatic heterocycles. The van der Waals surface area contributed by atoms with Crippen LogP contribution >= 0.6 is 0 Å². The van der Waals surface area contributed by atoms with Gasteiger partial charge in [-0.05, 0) is 46.1 Å². The lowest BCUT2D eigenvalue weighted by Crippen LogP contribution is -2.67. The van der Waals surface area contributed by atoms with E-state index in [1.54, 1.807) is 5.06 Å². The van der Waals surface area contributed by atoms with Gasteiger partial charge >= 0.3 is 11.9 Å². The molecule has 0 amide bonds. The fraction of sp³-hybridized carbons (Fsp3) is 0.583. The van der Waals surface area contributed by atoms with Crippen molar-refractivity contribution in [1.82, 2.24) is 15.3 Å². The number of piperazine rings is 1. The Hall–Kier alpha value is -2.22. The van der Waals surface area contributed by atoms with Gasteiger partial charge in [-0.3, -0.25) is 4.90 Å². The molecule has 1 aromatic carbocycles. The Morgan fingerprint density at radius 2 is 1.58 bits per heavy atom. The average molecular weight is 432 g/mol. The second-order valence-corrected chi connectivity index (χ2v) is 9.37. The summed E-state index contributed by atoms with van der Waals surface area (Å²) in [6.45, 7) is 13.9. The first-order valence-electron chi connectivity index (χ1n) is 11.0. The number of benzene rings is 1. The van der Waals surface area contributed by atoms with E-state index in [1.165, 1.54) is 5.56 Å². The van der Waals surface area contributed by atoms with Crippen LogP contribution in [0.3, 0.4) is 0 Å². The van der Waals surface area contributed by atoms with Gasteiger partial charge in [0.2, 0.25) is 0 Å². The Morgan fingerprint density at radius 3 is 2.13 bits per heavy atom. The van der Waals surface area contributed by atoms with Crippen LogP contribution in [0.4, 0.5) is 0 Å². The first kappa shape index (κ1) is 25.0. The number of carboxylic acid groups (broad SMARTS) is 1. The van der Waals surface area contributed by atoms with Crippen molar-refractivity contribution in [3.63, 3.8) is 0 Å². The van der Waals surface area contributed by atoms with Gasteiger partial charge in [-0.1, -0.05) is 36.8 Å². The van der Waals surface area contributed by atoms with Crippen molar-refractivity contribution < 1.29 is 19.5 Å². The predicted molar refractivity (Wildman–Crippen MR) is 121 cm³/mol. The van der Waals surface area contributed by atoms with Crippen LogP contribution in [0.5, 0.6) is 0 Å². The van der Waals surface area contributed by atoms with E-state index in [0.29, 0.717) is 0 Å². The first-order valence-corrected chi connectivity index (χ1v) is 11.0. The van der Waals surface area contributed by atoms with Gasteiger partial charge in [0.05, 0.1) is 0 Å². The number of hydrogen-bond donors (Lipinski definition) is 2. The standard InChI is InChI=1S/C15H24N2.C9H13NO4/c1-14(2)11-16-12-15(3,4)17(14)10-13-8-6-5-7-9-13;11-8(12)4-5-9(13)14-10-6-2-1-3-7-10/h5-9,16H,10-12H2,1-4H3;4-5H,1-3,6-7H2,(H,11,12)/b;5-4-. The van der Waals surface area contributed by atoms with Crippen LogP contribution in [0, 0.1) is 0 Å². The number of carbonyl (C=O) groups excluding carboxylic acids is 1. The summed E-state index contributed by atoms with van der Waals surface area (Å²) in [4.78, 5) is 28.6. The third-order valence-corrected chi connectivity index (χ3v) is 5.66. The molecule has 1 aromatic rings. The number of hydrogen-bond acceptors (Lipinski definition) is 6. The van der Waals surface area contributed by atoms with Gasteiger partial charge < -0.3 is 15.3 Å². The molecule has 7 nitrogen and oxygen atoms in total. The van der Waals surface area contributed by atoms with Crippen LogP contribution in [0.15, 0.2) is 42.5 Å². The lowest BCUT2D eigenvalue weighted by atomic mass is 9.88. The molecular formula is C24H37N3O4. The molecule has 0 unspecified atom stereocenters. The smallest absolute Gasteiger partial charge is 0.349 e. The predicted octanol–water partition coefficient (Wildman–Crippen LogP) is 3.22. The summed E-state index contributed by atoms with van der Waals surface area (Å²) in [6.07, 6.45) is 4.86. The van der Waals surface area contributed by atoms with Gasteiger partial charge in [0, 0.05) is 56.0 Å². The molecule has 0 bridgehead atoms. The van der Waals surface area contributed by atoms with Gasteiger partial charge in [0.15, 0.2) is 0 Å². The minimum atomic E-state index is -1.15. The van der Waals surface area contributed by atoms with Crippen LogP contribution in [0.2, 0.25) is 0 Å². The Labute approximate surface area is 186 Å². The number of nitrogens with zero attached hydrogens (tertiary/aromatic N) is 2. The highest BCUT2D eigenvalue weighted by Crippen LogP contribution is 2.30. The topological polar surface area (TPSA) is 82.1 Å². The van der Waals surface area contributed by atoms with Crippen molar-refractivity contribution in [3.05, 3.63) is 48.0 Å². The molecule has 2 N–H and O–H groups in total. The van der Waals surface area contributed by atoms with Crippen LogP contribution in [0.1, 0.15) is 52.5 Å². The van der Waals surface area contributed by atoms with Crippen LogP contribution in [-0.4, -0.2) is 64.3 Å². The summed E-state index contributed by atoms with van der Waals surface area (Å²) in [7, 11) is 0. The summed E-state index contributed by atoms with van der Waals surface area (Å²) < 4.78 is 0. The Balaban J connectivity index is 0.000000225. The van der Waals surface area contributed by atoms with Gasteiger partial charge in [-0.25, -0.2) is 9.59 Å². The zero-order valence-corrected chi connectivity index (χ0v) is 19.3. The van der Waals surface area contributed by atoms with Gasteiger partial charge in [0.1, 0.15) is 0 Å². The summed E-state index contributed by atoms with van der Waals surface area (Å²) in [5, 5.41) is 13.4. The lowest BCUT2D eigenvalue weighted by Gasteiger charge is -2.53. The maximum absolute atomic E-state index is 11.0. The number of hydroxylamine groups is 2. The van der Waals surface area contributed by atoms with Crippen molar-refractivity contribution in [2.24, 2.45) is 0 Å². The fourth-order valence-electron chi connectivity index (χ4n) is 4.13. The molecule has 172 valence electrons. The molecule has 2 saturated heterocycles. The quantitative estimate of drug-likeness (QED) is 0.693. The molecule has 0 aromatic heterocycles. The number of carboxylic acids is 1. The Morgan fingerprint density at radius 1 is 1.00 bits per heavy atom. The third kappa shape index (κ3) is 8.44. The van der Waals surface area contributed by atoms with Gasteiger partial charge in [0.25, 0.3) is 0 Å². The van der Waals surface area contributed by atoms with Crippen molar-refractivity contribution in [3.8, 4) is 0 Å². The van der Waals surface area contributed by atoms with E-state index in [2.05, 4.69) is 68.2 Å². The summed E-state index contributed by atoms with van der Waals surface area (Å²) in [5.74, 6) is -1.78. The van der Waals surface area contributed by atoms with Gasteiger partial charge in [-0.2, -0.15) is 0 Å². The molecule has 0 radical (unpaired) electrons. The molecule has 0 spiro atoms. The van der Waals surface area contributed by atoms with E-state index >= 15 is 0 Å². The SMILES string of the molecule is CC1(C)CNCC(C)(C)N1Cc1ccccc1.O=C(O)/C=C\C(=O)ON1CCCCC1. The van der Waals surface area contributed by atoms with E-state index < -0.39 is 11.9 Å².